The molecule has 14 heavy (non-hydrogen) atoms. The third-order valence-corrected chi connectivity index (χ3v) is 3.77. The summed E-state index contributed by atoms with van der Waals surface area (Å²) in [5.41, 5.74) is 5.60. The highest BCUT2D eigenvalue weighted by atomic mass is 15.2. The van der Waals surface area contributed by atoms with Crippen LogP contribution in [0, 0.1) is 17.2 Å². The summed E-state index contributed by atoms with van der Waals surface area (Å²) in [4.78, 5) is 2.55. The van der Waals surface area contributed by atoms with Crippen LogP contribution in [0.25, 0.3) is 0 Å². The van der Waals surface area contributed by atoms with Crippen LogP contribution in [0.4, 0.5) is 0 Å². The molecule has 1 saturated carbocycles. The van der Waals surface area contributed by atoms with Gasteiger partial charge in [-0.3, -0.25) is 0 Å². The van der Waals surface area contributed by atoms with Crippen LogP contribution in [0.2, 0.25) is 0 Å². The second-order valence-electron chi connectivity index (χ2n) is 4.61. The highest BCUT2D eigenvalue weighted by Gasteiger charge is 2.36. The van der Waals surface area contributed by atoms with Gasteiger partial charge in [0.05, 0.1) is 12.1 Å². The minimum absolute atomic E-state index is 0.268. The molecule has 3 nitrogen and oxygen atoms in total. The number of hydrogen-bond donors (Lipinski definition) is 1. The Morgan fingerprint density at radius 3 is 3.07 bits per heavy atom. The second-order valence-corrected chi connectivity index (χ2v) is 4.61. The molecular weight excluding hydrogens is 174 g/mol. The first-order chi connectivity index (χ1) is 6.81. The zero-order chi connectivity index (χ0) is 9.97. The fraction of sp³-hybridized carbons (Fsp3) is 0.909. The number of nitriles is 1. The summed E-state index contributed by atoms with van der Waals surface area (Å²) >= 11 is 0. The van der Waals surface area contributed by atoms with E-state index in [4.69, 9.17) is 11.0 Å². The summed E-state index contributed by atoms with van der Waals surface area (Å²) in [6.07, 6.45) is 6.39. The summed E-state index contributed by atoms with van der Waals surface area (Å²) in [5, 5.41) is 8.60. The largest absolute Gasteiger partial charge is 0.316 e. The summed E-state index contributed by atoms with van der Waals surface area (Å²) in [6.45, 7) is 2.25. The van der Waals surface area contributed by atoms with Crippen LogP contribution in [0.3, 0.4) is 0 Å². The van der Waals surface area contributed by atoms with E-state index in [0.29, 0.717) is 0 Å². The van der Waals surface area contributed by atoms with Crippen LogP contribution < -0.4 is 5.73 Å². The summed E-state index contributed by atoms with van der Waals surface area (Å²) in [5.74, 6) is 0.952. The van der Waals surface area contributed by atoms with Crippen LogP contribution >= 0.6 is 0 Å². The Hall–Kier alpha value is -0.590. The number of rotatable bonds is 3. The van der Waals surface area contributed by atoms with Gasteiger partial charge in [-0.1, -0.05) is 6.42 Å². The number of hydrogen-bond acceptors (Lipinski definition) is 3. The molecule has 2 N–H and O–H groups in total. The Balaban J connectivity index is 1.79. The van der Waals surface area contributed by atoms with Gasteiger partial charge >= 0.3 is 0 Å². The third-order valence-electron chi connectivity index (χ3n) is 3.77. The van der Waals surface area contributed by atoms with Crippen molar-refractivity contribution in [2.75, 3.05) is 13.1 Å². The monoisotopic (exact) mass is 193 g/mol. The molecule has 0 aromatic rings. The molecule has 2 aliphatic rings. The van der Waals surface area contributed by atoms with E-state index in [0.717, 1.165) is 24.9 Å². The Labute approximate surface area is 85.9 Å². The number of nitrogens with two attached hydrogens (primary N) is 1. The molecule has 1 saturated heterocycles. The predicted molar refractivity (Wildman–Crippen MR) is 55.5 cm³/mol. The SMILES string of the molecule is N#CC(N)CCN1CCC2CCCC21. The lowest BCUT2D eigenvalue weighted by molar-refractivity contribution is 0.236. The van der Waals surface area contributed by atoms with Gasteiger partial charge in [0, 0.05) is 12.6 Å². The van der Waals surface area contributed by atoms with Crippen LogP contribution in [0.5, 0.6) is 0 Å². The van der Waals surface area contributed by atoms with Crippen LogP contribution in [-0.4, -0.2) is 30.1 Å². The van der Waals surface area contributed by atoms with Crippen molar-refractivity contribution in [3.8, 4) is 6.07 Å². The molecule has 0 radical (unpaired) electrons. The van der Waals surface area contributed by atoms with Crippen molar-refractivity contribution in [2.45, 2.75) is 44.2 Å². The molecule has 1 aliphatic carbocycles. The van der Waals surface area contributed by atoms with E-state index in [1.807, 2.05) is 0 Å². The maximum absolute atomic E-state index is 8.60. The van der Waals surface area contributed by atoms with Crippen molar-refractivity contribution >= 4 is 0 Å². The van der Waals surface area contributed by atoms with Crippen molar-refractivity contribution in [3.63, 3.8) is 0 Å². The lowest BCUT2D eigenvalue weighted by Crippen LogP contribution is -2.34. The van der Waals surface area contributed by atoms with Gasteiger partial charge in [-0.25, -0.2) is 0 Å². The van der Waals surface area contributed by atoms with Gasteiger partial charge in [0.2, 0.25) is 0 Å². The van der Waals surface area contributed by atoms with Crippen molar-refractivity contribution < 1.29 is 0 Å². The van der Waals surface area contributed by atoms with Gasteiger partial charge in [-0.15, -0.1) is 0 Å². The standard InChI is InChI=1S/C11H19N3/c12-8-10(13)5-7-14-6-4-9-2-1-3-11(9)14/h9-11H,1-7,13H2. The Morgan fingerprint density at radius 1 is 1.43 bits per heavy atom. The fourth-order valence-electron chi connectivity index (χ4n) is 2.98. The zero-order valence-electron chi connectivity index (χ0n) is 8.65. The van der Waals surface area contributed by atoms with Gasteiger partial charge in [-0.2, -0.15) is 5.26 Å². The quantitative estimate of drug-likeness (QED) is 0.730. The first-order valence-corrected chi connectivity index (χ1v) is 5.70. The van der Waals surface area contributed by atoms with E-state index in [9.17, 15) is 0 Å². The molecule has 2 rings (SSSR count). The number of likely N-dealkylation sites (tertiary alicyclic amines) is 1. The van der Waals surface area contributed by atoms with E-state index in [-0.39, 0.29) is 6.04 Å². The average molecular weight is 193 g/mol. The van der Waals surface area contributed by atoms with E-state index < -0.39 is 0 Å². The molecular formula is C11H19N3. The van der Waals surface area contributed by atoms with E-state index in [1.165, 1.54) is 32.2 Å². The first-order valence-electron chi connectivity index (χ1n) is 5.70. The molecule has 3 heteroatoms. The molecule has 0 bridgehead atoms. The normalized spacial score (nSPS) is 34.0. The third kappa shape index (κ3) is 1.92. The molecule has 0 amide bonds. The van der Waals surface area contributed by atoms with Crippen LogP contribution in [0.1, 0.15) is 32.1 Å². The van der Waals surface area contributed by atoms with Crippen molar-refractivity contribution in [3.05, 3.63) is 0 Å². The summed E-state index contributed by atoms with van der Waals surface area (Å²) in [6, 6.07) is 2.65. The predicted octanol–water partition coefficient (Wildman–Crippen LogP) is 1.10. The Morgan fingerprint density at radius 2 is 2.29 bits per heavy atom. The number of fused-ring (bicyclic) bond motifs is 1. The van der Waals surface area contributed by atoms with E-state index in [2.05, 4.69) is 11.0 Å². The highest BCUT2D eigenvalue weighted by molar-refractivity contribution is 4.93. The molecule has 3 atom stereocenters. The second kappa shape index (κ2) is 4.29. The van der Waals surface area contributed by atoms with Crippen molar-refractivity contribution in [2.24, 2.45) is 11.7 Å². The van der Waals surface area contributed by atoms with Gasteiger partial charge in [0.25, 0.3) is 0 Å². The lowest BCUT2D eigenvalue weighted by atomic mass is 10.0. The average Bonchev–Trinajstić information content (AvgIpc) is 2.76. The van der Waals surface area contributed by atoms with Crippen molar-refractivity contribution in [1.29, 1.82) is 5.26 Å². The smallest absolute Gasteiger partial charge is 0.0940 e. The molecule has 1 aliphatic heterocycles. The van der Waals surface area contributed by atoms with Gasteiger partial charge in [0.1, 0.15) is 0 Å². The molecule has 3 unspecified atom stereocenters. The van der Waals surface area contributed by atoms with Gasteiger partial charge < -0.3 is 10.6 Å². The van der Waals surface area contributed by atoms with E-state index in [1.54, 1.807) is 0 Å². The molecule has 2 fully saturated rings. The number of nitrogens with zero attached hydrogens (tertiary/aromatic N) is 2. The minimum Gasteiger partial charge on any atom is -0.316 e. The lowest BCUT2D eigenvalue weighted by Gasteiger charge is -2.23. The maximum atomic E-state index is 8.60. The van der Waals surface area contributed by atoms with Crippen LogP contribution in [-0.2, 0) is 0 Å². The van der Waals surface area contributed by atoms with E-state index >= 15 is 0 Å². The first kappa shape index (κ1) is 9.95. The zero-order valence-corrected chi connectivity index (χ0v) is 8.65. The minimum atomic E-state index is -0.268. The highest BCUT2D eigenvalue weighted by Crippen LogP contribution is 2.37. The summed E-state index contributed by atoms with van der Waals surface area (Å²) in [7, 11) is 0. The van der Waals surface area contributed by atoms with Crippen LogP contribution in [0.15, 0.2) is 0 Å². The molecule has 78 valence electrons. The van der Waals surface area contributed by atoms with Crippen molar-refractivity contribution in [1.82, 2.24) is 4.90 Å². The Kier molecular flexibility index (Phi) is 3.05. The van der Waals surface area contributed by atoms with Gasteiger partial charge in [-0.05, 0) is 38.1 Å². The molecule has 0 spiro atoms. The molecule has 0 aromatic carbocycles. The topological polar surface area (TPSA) is 53.1 Å². The molecule has 0 aromatic heterocycles. The molecule has 1 heterocycles. The Bertz CT molecular complexity index is 233. The summed E-state index contributed by atoms with van der Waals surface area (Å²) < 4.78 is 0. The van der Waals surface area contributed by atoms with Gasteiger partial charge in [0.15, 0.2) is 0 Å². The maximum Gasteiger partial charge on any atom is 0.0940 e. The fourth-order valence-corrected chi connectivity index (χ4v) is 2.98.